The molecule has 0 aliphatic rings. The second-order valence-corrected chi connectivity index (χ2v) is 2.01. The molecule has 0 atom stereocenters. The van der Waals surface area contributed by atoms with Gasteiger partial charge in [-0.3, -0.25) is 0 Å². The summed E-state index contributed by atoms with van der Waals surface area (Å²) in [6.45, 7) is 5.43. The molecule has 0 saturated carbocycles. The zero-order valence-corrected chi connectivity index (χ0v) is 7.44. The minimum atomic E-state index is 0. The summed E-state index contributed by atoms with van der Waals surface area (Å²) in [5.74, 6) is 1.34. The van der Waals surface area contributed by atoms with Crippen LogP contribution in [0.2, 0.25) is 0 Å². The smallest absolute Gasteiger partial charge is 0.223 e. The molecule has 0 aliphatic carbocycles. The fourth-order valence-electron chi connectivity index (χ4n) is 0.650. The van der Waals surface area contributed by atoms with Gasteiger partial charge in [-0.05, 0) is 6.54 Å². The molecule has 1 heterocycles. The Balaban J connectivity index is 0.000001000. The van der Waals surface area contributed by atoms with E-state index in [9.17, 15) is 0 Å². The summed E-state index contributed by atoms with van der Waals surface area (Å²) in [5.41, 5.74) is 0. The highest BCUT2D eigenvalue weighted by Crippen LogP contribution is 1.92. The minimum Gasteiger partial charge on any atom is -0.340 e. The zero-order valence-electron chi connectivity index (χ0n) is 6.63. The van der Waals surface area contributed by atoms with Crippen LogP contribution in [-0.4, -0.2) is 16.7 Å². The van der Waals surface area contributed by atoms with Crippen molar-refractivity contribution in [1.29, 1.82) is 0 Å². The molecule has 0 radical (unpaired) electrons. The molecule has 1 N–H and O–H groups in total. The maximum absolute atomic E-state index is 4.76. The first-order chi connectivity index (χ1) is 4.83. The highest BCUT2D eigenvalue weighted by molar-refractivity contribution is 5.85. The van der Waals surface area contributed by atoms with Crippen LogP contribution in [0.5, 0.6) is 0 Å². The molecule has 0 aromatic carbocycles. The lowest BCUT2D eigenvalue weighted by molar-refractivity contribution is 0.385. The summed E-state index contributed by atoms with van der Waals surface area (Å²) in [7, 11) is 0. The molecule has 11 heavy (non-hydrogen) atoms. The second-order valence-electron chi connectivity index (χ2n) is 2.01. The number of rotatable bonds is 3. The molecule has 0 unspecified atom stereocenters. The van der Waals surface area contributed by atoms with E-state index < -0.39 is 0 Å². The maximum atomic E-state index is 4.76. The number of halogens is 1. The van der Waals surface area contributed by atoms with Gasteiger partial charge >= 0.3 is 0 Å². The Morgan fingerprint density at radius 3 is 2.73 bits per heavy atom. The number of hydrogen-bond donors (Lipinski definition) is 1. The summed E-state index contributed by atoms with van der Waals surface area (Å²) < 4.78 is 4.76. The van der Waals surface area contributed by atoms with Crippen LogP contribution in [0.4, 0.5) is 0 Å². The van der Waals surface area contributed by atoms with Crippen LogP contribution in [0.25, 0.3) is 0 Å². The van der Waals surface area contributed by atoms with Crippen LogP contribution in [0.1, 0.15) is 18.6 Å². The van der Waals surface area contributed by atoms with Crippen LogP contribution < -0.4 is 5.32 Å². The monoisotopic (exact) mass is 177 g/mol. The second kappa shape index (κ2) is 5.09. The third-order valence-electron chi connectivity index (χ3n) is 1.10. The molecule has 0 amide bonds. The minimum absolute atomic E-state index is 0. The van der Waals surface area contributed by atoms with E-state index in [1.807, 2.05) is 6.92 Å². The van der Waals surface area contributed by atoms with Crippen LogP contribution in [0, 0.1) is 6.92 Å². The molecule has 0 fully saturated rings. The fourth-order valence-corrected chi connectivity index (χ4v) is 0.650. The van der Waals surface area contributed by atoms with Crippen molar-refractivity contribution in [3.05, 3.63) is 11.7 Å². The van der Waals surface area contributed by atoms with Gasteiger partial charge in [-0.2, -0.15) is 4.98 Å². The Bertz CT molecular complexity index is 201. The number of aryl methyl sites for hydroxylation is 1. The van der Waals surface area contributed by atoms with Crippen molar-refractivity contribution in [2.75, 3.05) is 6.54 Å². The van der Waals surface area contributed by atoms with Gasteiger partial charge in [0, 0.05) is 6.92 Å². The summed E-state index contributed by atoms with van der Waals surface area (Å²) in [5, 5.41) is 6.80. The van der Waals surface area contributed by atoms with Gasteiger partial charge in [0.1, 0.15) is 0 Å². The average Bonchev–Trinajstić information content (AvgIpc) is 2.31. The molecule has 64 valence electrons. The maximum Gasteiger partial charge on any atom is 0.223 e. The fraction of sp³-hybridized carbons (Fsp3) is 0.667. The Hall–Kier alpha value is -0.610. The molecule has 5 heteroatoms. The SMILES string of the molecule is CCNCc1noc(C)n1.Cl. The molecule has 4 nitrogen and oxygen atoms in total. The first kappa shape index (κ1) is 10.4. The summed E-state index contributed by atoms with van der Waals surface area (Å²) in [4.78, 5) is 4.01. The summed E-state index contributed by atoms with van der Waals surface area (Å²) >= 11 is 0. The van der Waals surface area contributed by atoms with Gasteiger partial charge in [-0.25, -0.2) is 0 Å². The Kier molecular flexibility index (Phi) is 4.81. The van der Waals surface area contributed by atoms with Crippen molar-refractivity contribution in [3.8, 4) is 0 Å². The number of nitrogens with zero attached hydrogens (tertiary/aromatic N) is 2. The van der Waals surface area contributed by atoms with Gasteiger partial charge in [0.15, 0.2) is 5.82 Å². The van der Waals surface area contributed by atoms with E-state index in [0.29, 0.717) is 12.4 Å². The van der Waals surface area contributed by atoms with Crippen molar-refractivity contribution in [2.45, 2.75) is 20.4 Å². The molecule has 0 aliphatic heterocycles. The first-order valence-electron chi connectivity index (χ1n) is 3.33. The quantitative estimate of drug-likeness (QED) is 0.746. The molecule has 0 spiro atoms. The van der Waals surface area contributed by atoms with Crippen LogP contribution in [-0.2, 0) is 6.54 Å². The molecule has 1 rings (SSSR count). The molecule has 0 bridgehead atoms. The van der Waals surface area contributed by atoms with Gasteiger partial charge in [-0.15, -0.1) is 12.4 Å². The van der Waals surface area contributed by atoms with Crippen molar-refractivity contribution in [2.24, 2.45) is 0 Å². The van der Waals surface area contributed by atoms with Crippen molar-refractivity contribution in [3.63, 3.8) is 0 Å². The third-order valence-corrected chi connectivity index (χ3v) is 1.10. The van der Waals surface area contributed by atoms with Gasteiger partial charge < -0.3 is 9.84 Å². The van der Waals surface area contributed by atoms with E-state index in [0.717, 1.165) is 12.4 Å². The van der Waals surface area contributed by atoms with Crippen molar-refractivity contribution < 1.29 is 4.52 Å². The largest absolute Gasteiger partial charge is 0.340 e. The molecule has 1 aromatic rings. The lowest BCUT2D eigenvalue weighted by Gasteiger charge is -1.91. The van der Waals surface area contributed by atoms with E-state index in [-0.39, 0.29) is 12.4 Å². The Labute approximate surface area is 71.8 Å². The zero-order chi connectivity index (χ0) is 7.40. The van der Waals surface area contributed by atoms with E-state index in [1.54, 1.807) is 6.92 Å². The lowest BCUT2D eigenvalue weighted by atomic mass is 10.6. The predicted molar refractivity (Wildman–Crippen MR) is 43.7 cm³/mol. The molecular formula is C6H12ClN3O. The summed E-state index contributed by atoms with van der Waals surface area (Å²) in [6, 6.07) is 0. The van der Waals surface area contributed by atoms with Crippen LogP contribution in [0.3, 0.4) is 0 Å². The Morgan fingerprint density at radius 2 is 2.27 bits per heavy atom. The predicted octanol–water partition coefficient (Wildman–Crippen LogP) is 0.909. The molecule has 0 saturated heterocycles. The van der Waals surface area contributed by atoms with E-state index >= 15 is 0 Å². The Morgan fingerprint density at radius 1 is 1.55 bits per heavy atom. The highest BCUT2D eigenvalue weighted by Gasteiger charge is 1.98. The van der Waals surface area contributed by atoms with Gasteiger partial charge in [-0.1, -0.05) is 12.1 Å². The van der Waals surface area contributed by atoms with Gasteiger partial charge in [0.05, 0.1) is 6.54 Å². The normalized spacial score (nSPS) is 9.27. The van der Waals surface area contributed by atoms with E-state index in [1.165, 1.54) is 0 Å². The van der Waals surface area contributed by atoms with E-state index in [4.69, 9.17) is 4.52 Å². The first-order valence-corrected chi connectivity index (χ1v) is 3.33. The average molecular weight is 178 g/mol. The van der Waals surface area contributed by atoms with E-state index in [2.05, 4.69) is 15.5 Å². The van der Waals surface area contributed by atoms with Gasteiger partial charge in [0.25, 0.3) is 0 Å². The topological polar surface area (TPSA) is 51.0 Å². The lowest BCUT2D eigenvalue weighted by Crippen LogP contribution is -2.12. The number of hydrogen-bond acceptors (Lipinski definition) is 4. The van der Waals surface area contributed by atoms with Gasteiger partial charge in [0.2, 0.25) is 5.89 Å². The van der Waals surface area contributed by atoms with Crippen LogP contribution in [0.15, 0.2) is 4.52 Å². The van der Waals surface area contributed by atoms with Crippen molar-refractivity contribution >= 4 is 12.4 Å². The molecule has 1 aromatic heterocycles. The molecular weight excluding hydrogens is 166 g/mol. The van der Waals surface area contributed by atoms with Crippen LogP contribution >= 0.6 is 12.4 Å². The highest BCUT2D eigenvalue weighted by atomic mass is 35.5. The third kappa shape index (κ3) is 3.34. The summed E-state index contributed by atoms with van der Waals surface area (Å²) in [6.07, 6.45) is 0. The number of nitrogens with one attached hydrogen (secondary N) is 1. The standard InChI is InChI=1S/C6H11N3O.ClH/c1-3-7-4-6-8-5(2)10-9-6;/h7H,3-4H2,1-2H3;1H. The van der Waals surface area contributed by atoms with Crippen molar-refractivity contribution in [1.82, 2.24) is 15.5 Å². The number of aromatic nitrogens is 2.